The van der Waals surface area contributed by atoms with E-state index in [1.165, 1.54) is 0 Å². The number of hydrogen-bond acceptors (Lipinski definition) is 3. The van der Waals surface area contributed by atoms with Gasteiger partial charge in [-0.15, -0.1) is 0 Å². The zero-order valence-electron chi connectivity index (χ0n) is 13.7. The second-order valence-electron chi connectivity index (χ2n) is 5.92. The van der Waals surface area contributed by atoms with Crippen LogP contribution in [0.2, 0.25) is 0 Å². The summed E-state index contributed by atoms with van der Waals surface area (Å²) in [6.07, 6.45) is 0.876. The molecule has 0 radical (unpaired) electrons. The average molecular weight is 304 g/mol. The molecule has 5 heteroatoms. The van der Waals surface area contributed by atoms with Crippen LogP contribution >= 0.6 is 0 Å². The average Bonchev–Trinajstić information content (AvgIpc) is 2.51. The third-order valence-electron chi connectivity index (χ3n) is 4.17. The number of nitrogens with zero attached hydrogens (tertiary/aromatic N) is 1. The van der Waals surface area contributed by atoms with Crippen molar-refractivity contribution >= 4 is 17.5 Å². The minimum Gasteiger partial charge on any atom is -0.496 e. The Hall–Kier alpha value is -2.04. The first kappa shape index (κ1) is 16.3. The lowest BCUT2D eigenvalue weighted by molar-refractivity contribution is -0.128. The third kappa shape index (κ3) is 3.40. The molecule has 22 heavy (non-hydrogen) atoms. The number of benzene rings is 1. The molecule has 2 atom stereocenters. The van der Waals surface area contributed by atoms with E-state index in [9.17, 15) is 9.59 Å². The van der Waals surface area contributed by atoms with Gasteiger partial charge in [-0.25, -0.2) is 4.79 Å². The highest BCUT2D eigenvalue weighted by Crippen LogP contribution is 2.24. The summed E-state index contributed by atoms with van der Waals surface area (Å²) in [6.45, 7) is 6.75. The molecule has 0 bridgehead atoms. The first-order chi connectivity index (χ1) is 10.5. The maximum atomic E-state index is 12.4. The van der Waals surface area contributed by atoms with Crippen molar-refractivity contribution in [3.05, 3.63) is 23.8 Å². The van der Waals surface area contributed by atoms with Gasteiger partial charge in [-0.05, 0) is 18.1 Å². The van der Waals surface area contributed by atoms with Crippen molar-refractivity contribution in [2.45, 2.75) is 27.2 Å². The lowest BCUT2D eigenvalue weighted by Crippen LogP contribution is -2.49. The lowest BCUT2D eigenvalue weighted by Gasteiger charge is -2.33. The van der Waals surface area contributed by atoms with Crippen LogP contribution in [0, 0.1) is 11.8 Å². The summed E-state index contributed by atoms with van der Waals surface area (Å²) in [5, 5.41) is 2.89. The first-order valence-corrected chi connectivity index (χ1v) is 7.72. The summed E-state index contributed by atoms with van der Waals surface area (Å²) in [5.74, 6) is 0.798. The lowest BCUT2D eigenvalue weighted by atomic mass is 9.90. The number of anilines is 1. The van der Waals surface area contributed by atoms with Crippen LogP contribution in [-0.2, 0) is 11.2 Å². The van der Waals surface area contributed by atoms with Gasteiger partial charge in [0.25, 0.3) is 0 Å². The molecule has 1 aromatic rings. The molecule has 0 spiro atoms. The Morgan fingerprint density at radius 3 is 2.50 bits per heavy atom. The number of carbonyl (C=O) groups is 2. The van der Waals surface area contributed by atoms with Crippen molar-refractivity contribution < 1.29 is 14.3 Å². The minimum absolute atomic E-state index is 0.105. The predicted octanol–water partition coefficient (Wildman–Crippen LogP) is 2.95. The summed E-state index contributed by atoms with van der Waals surface area (Å²) in [4.78, 5) is 25.9. The molecule has 0 saturated carbocycles. The minimum atomic E-state index is -0.169. The normalized spacial score (nSPS) is 21.6. The third-order valence-corrected chi connectivity index (χ3v) is 4.17. The number of Topliss-reactive ketones (excluding diaryl/α,β-unsaturated/α-hetero) is 1. The van der Waals surface area contributed by atoms with E-state index in [1.54, 1.807) is 12.0 Å². The zero-order chi connectivity index (χ0) is 16.3. The quantitative estimate of drug-likeness (QED) is 0.934. The van der Waals surface area contributed by atoms with E-state index in [2.05, 4.69) is 12.2 Å². The largest absolute Gasteiger partial charge is 0.496 e. The number of ether oxygens (including phenoxy) is 1. The Labute approximate surface area is 131 Å². The van der Waals surface area contributed by atoms with E-state index in [0.717, 1.165) is 17.7 Å². The first-order valence-electron chi connectivity index (χ1n) is 7.72. The van der Waals surface area contributed by atoms with Crippen molar-refractivity contribution in [3.63, 3.8) is 0 Å². The molecule has 1 saturated heterocycles. The van der Waals surface area contributed by atoms with Gasteiger partial charge in [0.15, 0.2) is 0 Å². The van der Waals surface area contributed by atoms with Crippen LogP contribution in [-0.4, -0.2) is 36.9 Å². The molecule has 120 valence electrons. The predicted molar refractivity (Wildman–Crippen MR) is 86.3 cm³/mol. The van der Waals surface area contributed by atoms with Gasteiger partial charge >= 0.3 is 6.03 Å². The van der Waals surface area contributed by atoms with Crippen LogP contribution < -0.4 is 10.1 Å². The number of ketones is 1. The monoisotopic (exact) mass is 304 g/mol. The van der Waals surface area contributed by atoms with Gasteiger partial charge in [0.2, 0.25) is 0 Å². The van der Waals surface area contributed by atoms with E-state index in [4.69, 9.17) is 4.74 Å². The summed E-state index contributed by atoms with van der Waals surface area (Å²) in [5.41, 5.74) is 1.81. The number of aryl methyl sites for hydroxylation is 1. The number of methoxy groups -OCH3 is 1. The number of likely N-dealkylation sites (tertiary alicyclic amines) is 1. The molecule has 1 aliphatic heterocycles. The van der Waals surface area contributed by atoms with Crippen molar-refractivity contribution in [2.75, 3.05) is 25.5 Å². The second-order valence-corrected chi connectivity index (χ2v) is 5.92. The summed E-state index contributed by atoms with van der Waals surface area (Å²) >= 11 is 0. The fraction of sp³-hybridized carbons (Fsp3) is 0.529. The molecule has 2 rings (SSSR count). The molecule has 1 fully saturated rings. The van der Waals surface area contributed by atoms with Gasteiger partial charge in [0, 0.05) is 36.7 Å². The summed E-state index contributed by atoms with van der Waals surface area (Å²) in [6, 6.07) is 5.50. The van der Waals surface area contributed by atoms with E-state index in [1.807, 2.05) is 32.0 Å². The topological polar surface area (TPSA) is 58.6 Å². The van der Waals surface area contributed by atoms with Crippen molar-refractivity contribution in [2.24, 2.45) is 11.8 Å². The molecule has 2 amide bonds. The van der Waals surface area contributed by atoms with Crippen LogP contribution in [0.15, 0.2) is 18.2 Å². The number of hydrogen-bond donors (Lipinski definition) is 1. The van der Waals surface area contributed by atoms with Gasteiger partial charge in [0.05, 0.1) is 7.11 Å². The van der Waals surface area contributed by atoms with Gasteiger partial charge in [-0.1, -0.05) is 26.8 Å². The van der Waals surface area contributed by atoms with Crippen molar-refractivity contribution in [3.8, 4) is 5.75 Å². The molecule has 1 N–H and O–H groups in total. The Morgan fingerprint density at radius 1 is 1.32 bits per heavy atom. The number of amides is 2. The molecule has 0 aliphatic carbocycles. The number of rotatable bonds is 3. The highest BCUT2D eigenvalue weighted by molar-refractivity contribution is 5.92. The molecule has 5 nitrogen and oxygen atoms in total. The Balaban J connectivity index is 2.07. The SMILES string of the molecule is CCc1ccc(NC(=O)N2C[C@@H](C)C(=O)[C@H](C)C2)cc1OC. The van der Waals surface area contributed by atoms with Crippen LogP contribution in [0.5, 0.6) is 5.75 Å². The zero-order valence-corrected chi connectivity index (χ0v) is 13.7. The fourth-order valence-corrected chi connectivity index (χ4v) is 2.88. The summed E-state index contributed by atoms with van der Waals surface area (Å²) in [7, 11) is 1.62. The van der Waals surface area contributed by atoms with Gasteiger partial charge in [-0.3, -0.25) is 4.79 Å². The maximum Gasteiger partial charge on any atom is 0.321 e. The standard InChI is InChI=1S/C17H24N2O3/c1-5-13-6-7-14(8-15(13)22-4)18-17(21)19-9-11(2)16(20)12(3)10-19/h6-8,11-12H,5,9-10H2,1-4H3,(H,18,21)/t11-,12-/m1/s1. The maximum absolute atomic E-state index is 12.4. The molecule has 1 aromatic carbocycles. The Morgan fingerprint density at radius 2 is 1.95 bits per heavy atom. The number of nitrogens with one attached hydrogen (secondary N) is 1. The van der Waals surface area contributed by atoms with Crippen LogP contribution in [0.3, 0.4) is 0 Å². The van der Waals surface area contributed by atoms with E-state index in [0.29, 0.717) is 18.8 Å². The van der Waals surface area contributed by atoms with Crippen LogP contribution in [0.1, 0.15) is 26.3 Å². The smallest absolute Gasteiger partial charge is 0.321 e. The number of piperidine rings is 1. The van der Waals surface area contributed by atoms with Crippen LogP contribution in [0.25, 0.3) is 0 Å². The van der Waals surface area contributed by atoms with E-state index in [-0.39, 0.29) is 23.7 Å². The Kier molecular flexibility index (Phi) is 5.06. The molecule has 1 heterocycles. The highest BCUT2D eigenvalue weighted by atomic mass is 16.5. The second kappa shape index (κ2) is 6.81. The van der Waals surface area contributed by atoms with Crippen molar-refractivity contribution in [1.29, 1.82) is 0 Å². The highest BCUT2D eigenvalue weighted by Gasteiger charge is 2.32. The van der Waals surface area contributed by atoms with Gasteiger partial charge in [0.1, 0.15) is 11.5 Å². The molecular weight excluding hydrogens is 280 g/mol. The molecule has 0 aromatic heterocycles. The Bertz CT molecular complexity index is 557. The van der Waals surface area contributed by atoms with E-state index >= 15 is 0 Å². The fourth-order valence-electron chi connectivity index (χ4n) is 2.88. The van der Waals surface area contributed by atoms with Crippen molar-refractivity contribution in [1.82, 2.24) is 4.90 Å². The van der Waals surface area contributed by atoms with E-state index < -0.39 is 0 Å². The van der Waals surface area contributed by atoms with Gasteiger partial charge < -0.3 is 15.0 Å². The molecular formula is C17H24N2O3. The van der Waals surface area contributed by atoms with Gasteiger partial charge in [-0.2, -0.15) is 0 Å². The number of urea groups is 1. The number of carbonyl (C=O) groups excluding carboxylic acids is 2. The van der Waals surface area contributed by atoms with Crippen LogP contribution in [0.4, 0.5) is 10.5 Å². The summed E-state index contributed by atoms with van der Waals surface area (Å²) < 4.78 is 5.34. The molecule has 0 unspecified atom stereocenters. The molecule has 1 aliphatic rings.